The first-order chi connectivity index (χ1) is 10.1. The molecule has 22 heavy (non-hydrogen) atoms. The number of alkyl halides is 4. The van der Waals surface area contributed by atoms with E-state index in [1.54, 1.807) is 0 Å². The van der Waals surface area contributed by atoms with Crippen molar-refractivity contribution in [1.82, 2.24) is 9.80 Å². The highest BCUT2D eigenvalue weighted by Gasteiger charge is 2.43. The number of halogens is 4. The summed E-state index contributed by atoms with van der Waals surface area (Å²) in [6.07, 6.45) is -5.67. The molecule has 11 heteroatoms. The van der Waals surface area contributed by atoms with Crippen LogP contribution in [0.3, 0.4) is 0 Å². The summed E-state index contributed by atoms with van der Waals surface area (Å²) in [5, 5.41) is 0. The fourth-order valence-corrected chi connectivity index (χ4v) is 2.08. The molecule has 0 atom stereocenters. The molecule has 0 bridgehead atoms. The lowest BCUT2D eigenvalue weighted by Gasteiger charge is -2.16. The van der Waals surface area contributed by atoms with E-state index in [1.807, 2.05) is 0 Å². The maximum atomic E-state index is 12.9. The van der Waals surface area contributed by atoms with E-state index in [1.165, 1.54) is 0 Å². The van der Waals surface area contributed by atoms with Gasteiger partial charge in [-0.25, -0.2) is 31.9 Å². The van der Waals surface area contributed by atoms with Crippen molar-refractivity contribution in [3.8, 4) is 0 Å². The van der Waals surface area contributed by atoms with Gasteiger partial charge in [-0.05, 0) is 0 Å². The fraction of sp³-hybridized carbons (Fsp3) is 0.727. The van der Waals surface area contributed by atoms with Gasteiger partial charge in [-0.2, -0.15) is 0 Å². The zero-order valence-electron chi connectivity index (χ0n) is 11.2. The third-order valence-electron chi connectivity index (χ3n) is 3.20. The first kappa shape index (κ1) is 16.3. The molecule has 2 amide bonds. The number of likely N-dealkylation sites (tertiary alicyclic amines) is 2. The van der Waals surface area contributed by atoms with Gasteiger partial charge in [0.1, 0.15) is 0 Å². The Labute approximate surface area is 121 Å². The Hall–Kier alpha value is -2.07. The monoisotopic (exact) mass is 328 g/mol. The minimum Gasteiger partial charge on any atom is -0.343 e. The van der Waals surface area contributed by atoms with Crippen molar-refractivity contribution in [2.45, 2.75) is 24.7 Å². The number of hydrogen-bond donors (Lipinski definition) is 0. The van der Waals surface area contributed by atoms with Crippen molar-refractivity contribution < 1.29 is 41.4 Å². The first-order valence-corrected chi connectivity index (χ1v) is 6.31. The molecule has 0 aromatic heterocycles. The summed E-state index contributed by atoms with van der Waals surface area (Å²) in [5.41, 5.74) is 0. The van der Waals surface area contributed by atoms with Crippen LogP contribution in [0.4, 0.5) is 31.9 Å². The molecule has 2 heterocycles. The number of carbonyl (C=O) groups excluding carboxylic acids is 3. The minimum atomic E-state index is -3.07. The molecular formula is C11H12F4N2O5. The van der Waals surface area contributed by atoms with Crippen LogP contribution < -0.4 is 0 Å². The van der Waals surface area contributed by atoms with Crippen molar-refractivity contribution in [1.29, 1.82) is 0 Å². The molecule has 0 N–H and O–H groups in total. The number of amides is 2. The van der Waals surface area contributed by atoms with Gasteiger partial charge in [0.05, 0.1) is 13.1 Å². The molecule has 2 aliphatic heterocycles. The predicted octanol–water partition coefficient (Wildman–Crippen LogP) is 2.06. The molecule has 0 saturated carbocycles. The SMILES string of the molecule is O=C(OC(=O)N1CCC(F)(F)C1)OC(=O)N1CCC(F)(F)C1. The molecule has 0 aromatic rings. The Kier molecular flexibility index (Phi) is 4.16. The maximum absolute atomic E-state index is 12.9. The van der Waals surface area contributed by atoms with Crippen molar-refractivity contribution >= 4 is 18.3 Å². The number of rotatable bonds is 0. The predicted molar refractivity (Wildman–Crippen MR) is 60.6 cm³/mol. The molecule has 0 aromatic carbocycles. The average Bonchev–Trinajstić information content (AvgIpc) is 2.91. The summed E-state index contributed by atoms with van der Waals surface area (Å²) in [4.78, 5) is 35.1. The highest BCUT2D eigenvalue weighted by molar-refractivity contribution is 5.87. The van der Waals surface area contributed by atoms with E-state index < -0.39 is 56.1 Å². The minimum absolute atomic E-state index is 0.314. The van der Waals surface area contributed by atoms with Crippen LogP contribution in [0, 0.1) is 0 Å². The van der Waals surface area contributed by atoms with Crippen LogP contribution in [-0.4, -0.2) is 66.2 Å². The van der Waals surface area contributed by atoms with E-state index in [9.17, 15) is 31.9 Å². The summed E-state index contributed by atoms with van der Waals surface area (Å²) < 4.78 is 59.7. The van der Waals surface area contributed by atoms with Crippen molar-refractivity contribution in [2.24, 2.45) is 0 Å². The van der Waals surface area contributed by atoms with Crippen LogP contribution in [0.15, 0.2) is 0 Å². The van der Waals surface area contributed by atoms with Gasteiger partial charge in [-0.1, -0.05) is 0 Å². The Morgan fingerprint density at radius 3 is 1.41 bits per heavy atom. The normalized spacial score (nSPS) is 22.5. The van der Waals surface area contributed by atoms with E-state index in [0.29, 0.717) is 9.80 Å². The zero-order chi connectivity index (χ0) is 16.5. The number of carbonyl (C=O) groups is 3. The molecule has 2 rings (SSSR count). The smallest absolute Gasteiger partial charge is 0.343 e. The van der Waals surface area contributed by atoms with Crippen molar-refractivity contribution in [3.63, 3.8) is 0 Å². The van der Waals surface area contributed by atoms with Gasteiger partial charge < -0.3 is 19.3 Å². The molecule has 2 saturated heterocycles. The summed E-state index contributed by atoms with van der Waals surface area (Å²) in [7, 11) is 0. The van der Waals surface area contributed by atoms with Gasteiger partial charge in [0.2, 0.25) is 0 Å². The van der Waals surface area contributed by atoms with Crippen LogP contribution in [0.1, 0.15) is 12.8 Å². The molecule has 2 aliphatic rings. The Morgan fingerprint density at radius 1 is 0.773 bits per heavy atom. The number of hydrogen-bond acceptors (Lipinski definition) is 5. The second kappa shape index (κ2) is 5.61. The van der Waals surface area contributed by atoms with Crippen molar-refractivity contribution in [2.75, 3.05) is 26.2 Å². The first-order valence-electron chi connectivity index (χ1n) is 6.31. The lowest BCUT2D eigenvalue weighted by molar-refractivity contribution is 0.00761. The third-order valence-corrected chi connectivity index (χ3v) is 3.20. The molecular weight excluding hydrogens is 316 g/mol. The van der Waals surface area contributed by atoms with Gasteiger partial charge in [0.25, 0.3) is 11.8 Å². The molecule has 2 fully saturated rings. The Bertz CT molecular complexity index is 457. The zero-order valence-corrected chi connectivity index (χ0v) is 11.2. The van der Waals surface area contributed by atoms with Crippen LogP contribution in [-0.2, 0) is 9.47 Å². The van der Waals surface area contributed by atoms with E-state index in [2.05, 4.69) is 9.47 Å². The molecule has 124 valence electrons. The molecule has 7 nitrogen and oxygen atoms in total. The van der Waals surface area contributed by atoms with Gasteiger partial charge in [0.15, 0.2) is 0 Å². The summed E-state index contributed by atoms with van der Waals surface area (Å²) in [5.74, 6) is -6.14. The van der Waals surface area contributed by atoms with Crippen LogP contribution in [0.5, 0.6) is 0 Å². The Morgan fingerprint density at radius 2 is 1.14 bits per heavy atom. The standard InChI is InChI=1S/C11H12F4N2O5/c12-10(13)1-3-16(5-10)7(18)21-9(20)22-8(19)17-4-2-11(14,15)6-17/h1-6H2. The molecule has 0 radical (unpaired) electrons. The van der Waals surface area contributed by atoms with Crippen LogP contribution >= 0.6 is 0 Å². The number of ether oxygens (including phenoxy) is 2. The topological polar surface area (TPSA) is 76.1 Å². The molecule has 0 aliphatic carbocycles. The lowest BCUT2D eigenvalue weighted by atomic mass is 10.3. The van der Waals surface area contributed by atoms with Gasteiger partial charge in [0, 0.05) is 25.9 Å². The van der Waals surface area contributed by atoms with E-state index in [4.69, 9.17) is 0 Å². The van der Waals surface area contributed by atoms with Crippen molar-refractivity contribution in [3.05, 3.63) is 0 Å². The molecule has 0 unspecified atom stereocenters. The maximum Gasteiger partial charge on any atom is 0.526 e. The summed E-state index contributed by atoms with van der Waals surface area (Å²) in [6.45, 7) is -2.45. The lowest BCUT2D eigenvalue weighted by Crippen LogP contribution is -2.36. The van der Waals surface area contributed by atoms with Gasteiger partial charge in [-0.3, -0.25) is 0 Å². The second-order valence-corrected chi connectivity index (χ2v) is 5.04. The van der Waals surface area contributed by atoms with Gasteiger partial charge in [-0.15, -0.1) is 0 Å². The van der Waals surface area contributed by atoms with Crippen LogP contribution in [0.25, 0.3) is 0 Å². The Balaban J connectivity index is 1.78. The summed E-state index contributed by atoms with van der Waals surface area (Å²) in [6, 6.07) is 0. The van der Waals surface area contributed by atoms with Crippen LogP contribution in [0.2, 0.25) is 0 Å². The number of nitrogens with zero attached hydrogens (tertiary/aromatic N) is 2. The average molecular weight is 328 g/mol. The third kappa shape index (κ3) is 3.98. The quantitative estimate of drug-likeness (QED) is 0.386. The second-order valence-electron chi connectivity index (χ2n) is 5.04. The van der Waals surface area contributed by atoms with E-state index in [0.717, 1.165) is 0 Å². The largest absolute Gasteiger partial charge is 0.526 e. The highest BCUT2D eigenvalue weighted by atomic mass is 19.3. The summed E-state index contributed by atoms with van der Waals surface area (Å²) >= 11 is 0. The van der Waals surface area contributed by atoms with E-state index >= 15 is 0 Å². The molecule has 0 spiro atoms. The van der Waals surface area contributed by atoms with Gasteiger partial charge >= 0.3 is 18.3 Å². The van der Waals surface area contributed by atoms with E-state index in [-0.39, 0.29) is 13.1 Å². The highest BCUT2D eigenvalue weighted by Crippen LogP contribution is 2.28. The fourth-order valence-electron chi connectivity index (χ4n) is 2.08.